The highest BCUT2D eigenvalue weighted by Gasteiger charge is 2.10. The summed E-state index contributed by atoms with van der Waals surface area (Å²) in [6, 6.07) is 5.68. The highest BCUT2D eigenvalue weighted by atomic mass is 16.5. The molecular weight excluding hydrogens is 240 g/mol. The van der Waals surface area contributed by atoms with E-state index in [4.69, 9.17) is 9.47 Å². The summed E-state index contributed by atoms with van der Waals surface area (Å²) in [6.07, 6.45) is 1.91. The number of hydrogen-bond donors (Lipinski definition) is 0. The van der Waals surface area contributed by atoms with E-state index in [0.29, 0.717) is 18.1 Å². The van der Waals surface area contributed by atoms with Crippen LogP contribution in [-0.2, 0) is 4.79 Å². The van der Waals surface area contributed by atoms with Crippen molar-refractivity contribution in [3.8, 4) is 11.5 Å². The lowest BCUT2D eigenvalue weighted by Gasteiger charge is -2.11. The molecule has 0 aliphatic carbocycles. The third-order valence-corrected chi connectivity index (χ3v) is 2.84. The van der Waals surface area contributed by atoms with Gasteiger partial charge >= 0.3 is 0 Å². The Balaban J connectivity index is 3.17. The molecule has 0 saturated heterocycles. The number of carbonyl (C=O) groups is 1. The second kappa shape index (κ2) is 6.98. The topological polar surface area (TPSA) is 35.5 Å². The van der Waals surface area contributed by atoms with E-state index in [-0.39, 0.29) is 11.7 Å². The van der Waals surface area contributed by atoms with Gasteiger partial charge in [0.25, 0.3) is 0 Å². The van der Waals surface area contributed by atoms with Crippen LogP contribution in [0.4, 0.5) is 0 Å². The van der Waals surface area contributed by atoms with Crippen LogP contribution in [0.3, 0.4) is 0 Å². The molecule has 0 unspecified atom stereocenters. The van der Waals surface area contributed by atoms with Gasteiger partial charge in [0.1, 0.15) is 0 Å². The molecule has 0 N–H and O–H groups in total. The molecule has 19 heavy (non-hydrogen) atoms. The van der Waals surface area contributed by atoms with Gasteiger partial charge in [-0.15, -0.1) is 0 Å². The summed E-state index contributed by atoms with van der Waals surface area (Å²) in [5.41, 5.74) is 1.76. The monoisotopic (exact) mass is 262 g/mol. The van der Waals surface area contributed by atoms with Gasteiger partial charge in [0, 0.05) is 0 Å². The Kier molecular flexibility index (Phi) is 5.61. The Hall–Kier alpha value is -1.77. The van der Waals surface area contributed by atoms with Crippen molar-refractivity contribution < 1.29 is 14.3 Å². The van der Waals surface area contributed by atoms with E-state index >= 15 is 0 Å². The van der Waals surface area contributed by atoms with Crippen molar-refractivity contribution in [1.29, 1.82) is 0 Å². The summed E-state index contributed by atoms with van der Waals surface area (Å²) < 4.78 is 10.8. The summed E-state index contributed by atoms with van der Waals surface area (Å²) in [5, 5.41) is 0. The van der Waals surface area contributed by atoms with Crippen LogP contribution < -0.4 is 9.47 Å². The van der Waals surface area contributed by atoms with Crippen LogP contribution in [0, 0.1) is 5.92 Å². The van der Waals surface area contributed by atoms with Gasteiger partial charge < -0.3 is 9.47 Å². The van der Waals surface area contributed by atoms with Crippen molar-refractivity contribution in [3.05, 3.63) is 29.3 Å². The second-order valence-electron chi connectivity index (χ2n) is 4.65. The summed E-state index contributed by atoms with van der Waals surface area (Å²) in [7, 11) is 1.61. The van der Waals surface area contributed by atoms with Crippen molar-refractivity contribution >= 4 is 11.9 Å². The molecule has 3 heteroatoms. The number of methoxy groups -OCH3 is 1. The standard InChI is InChI=1S/C16H22O3/c1-6-19-16-10-13(7-8-15(16)18-5)9-14(11(2)3)12(4)17/h7-11H,6H2,1-5H3/b14-9+. The molecule has 1 rings (SSSR count). The van der Waals surface area contributed by atoms with E-state index in [1.165, 1.54) is 0 Å². The smallest absolute Gasteiger partial charge is 0.161 e. The maximum Gasteiger partial charge on any atom is 0.161 e. The van der Waals surface area contributed by atoms with Gasteiger partial charge in [-0.1, -0.05) is 19.9 Å². The zero-order valence-electron chi connectivity index (χ0n) is 12.3. The van der Waals surface area contributed by atoms with Crippen molar-refractivity contribution in [2.45, 2.75) is 27.7 Å². The van der Waals surface area contributed by atoms with Crippen molar-refractivity contribution in [3.63, 3.8) is 0 Å². The molecule has 3 nitrogen and oxygen atoms in total. The fourth-order valence-electron chi connectivity index (χ4n) is 1.91. The first-order chi connectivity index (χ1) is 8.99. The third kappa shape index (κ3) is 4.12. The van der Waals surface area contributed by atoms with E-state index in [1.807, 2.05) is 45.0 Å². The van der Waals surface area contributed by atoms with Crippen LogP contribution in [0.25, 0.3) is 6.08 Å². The zero-order valence-corrected chi connectivity index (χ0v) is 12.3. The molecule has 0 atom stereocenters. The fourth-order valence-corrected chi connectivity index (χ4v) is 1.91. The molecule has 0 radical (unpaired) electrons. The Bertz CT molecular complexity index is 473. The van der Waals surface area contributed by atoms with Crippen molar-refractivity contribution in [2.75, 3.05) is 13.7 Å². The van der Waals surface area contributed by atoms with E-state index in [1.54, 1.807) is 14.0 Å². The van der Waals surface area contributed by atoms with Crippen LogP contribution in [0.1, 0.15) is 33.3 Å². The minimum atomic E-state index is 0.101. The Morgan fingerprint density at radius 2 is 2.00 bits per heavy atom. The lowest BCUT2D eigenvalue weighted by atomic mass is 9.97. The second-order valence-corrected chi connectivity index (χ2v) is 4.65. The Morgan fingerprint density at radius 3 is 2.47 bits per heavy atom. The van der Waals surface area contributed by atoms with Crippen LogP contribution in [0.2, 0.25) is 0 Å². The molecular formula is C16H22O3. The van der Waals surface area contributed by atoms with Crippen molar-refractivity contribution in [2.24, 2.45) is 5.92 Å². The zero-order chi connectivity index (χ0) is 14.4. The first kappa shape index (κ1) is 15.3. The Morgan fingerprint density at radius 1 is 1.32 bits per heavy atom. The summed E-state index contributed by atoms with van der Waals surface area (Å²) in [4.78, 5) is 11.6. The van der Waals surface area contributed by atoms with E-state index in [0.717, 1.165) is 11.1 Å². The van der Waals surface area contributed by atoms with Gasteiger partial charge in [0.05, 0.1) is 13.7 Å². The SMILES string of the molecule is CCOc1cc(/C=C(/C(C)=O)C(C)C)ccc1OC. The van der Waals surface area contributed by atoms with Crippen LogP contribution in [-0.4, -0.2) is 19.5 Å². The van der Waals surface area contributed by atoms with Gasteiger partial charge in [-0.05, 0) is 49.1 Å². The summed E-state index contributed by atoms with van der Waals surface area (Å²) in [6.45, 7) is 8.13. The van der Waals surface area contributed by atoms with Gasteiger partial charge in [-0.3, -0.25) is 4.79 Å². The first-order valence-corrected chi connectivity index (χ1v) is 6.53. The number of allylic oxidation sites excluding steroid dienone is 1. The molecule has 0 saturated carbocycles. The first-order valence-electron chi connectivity index (χ1n) is 6.53. The number of Topliss-reactive ketones (excluding diaryl/α,β-unsaturated/α-hetero) is 1. The number of ketones is 1. The minimum Gasteiger partial charge on any atom is -0.493 e. The highest BCUT2D eigenvalue weighted by molar-refractivity contribution is 5.98. The molecule has 0 aliphatic rings. The third-order valence-electron chi connectivity index (χ3n) is 2.84. The number of hydrogen-bond acceptors (Lipinski definition) is 3. The molecule has 1 aromatic rings. The average Bonchev–Trinajstić information content (AvgIpc) is 2.36. The maximum atomic E-state index is 11.6. The van der Waals surface area contributed by atoms with Gasteiger partial charge in [0.2, 0.25) is 0 Å². The average molecular weight is 262 g/mol. The molecule has 0 spiro atoms. The number of rotatable bonds is 6. The molecule has 0 heterocycles. The summed E-state index contributed by atoms with van der Waals surface area (Å²) >= 11 is 0. The molecule has 0 fully saturated rings. The fraction of sp³-hybridized carbons (Fsp3) is 0.438. The largest absolute Gasteiger partial charge is 0.493 e. The van der Waals surface area contributed by atoms with Gasteiger partial charge in [-0.2, -0.15) is 0 Å². The minimum absolute atomic E-state index is 0.101. The van der Waals surface area contributed by atoms with Crippen LogP contribution >= 0.6 is 0 Å². The van der Waals surface area contributed by atoms with E-state index in [2.05, 4.69) is 0 Å². The Labute approximate surface area is 115 Å². The van der Waals surface area contributed by atoms with Crippen LogP contribution in [0.15, 0.2) is 23.8 Å². The van der Waals surface area contributed by atoms with E-state index < -0.39 is 0 Å². The van der Waals surface area contributed by atoms with Crippen molar-refractivity contribution in [1.82, 2.24) is 0 Å². The van der Waals surface area contributed by atoms with E-state index in [9.17, 15) is 4.79 Å². The molecule has 0 amide bonds. The molecule has 0 aliphatic heterocycles. The predicted octanol–water partition coefficient (Wildman–Crippen LogP) is 3.72. The molecule has 1 aromatic carbocycles. The predicted molar refractivity (Wildman–Crippen MR) is 77.7 cm³/mol. The molecule has 104 valence electrons. The summed E-state index contributed by atoms with van der Waals surface area (Å²) in [5.74, 6) is 1.71. The van der Waals surface area contributed by atoms with Gasteiger partial charge in [0.15, 0.2) is 17.3 Å². The van der Waals surface area contributed by atoms with Gasteiger partial charge in [-0.25, -0.2) is 0 Å². The maximum absolute atomic E-state index is 11.6. The number of ether oxygens (including phenoxy) is 2. The quantitative estimate of drug-likeness (QED) is 0.733. The number of benzene rings is 1. The highest BCUT2D eigenvalue weighted by Crippen LogP contribution is 2.29. The normalized spacial score (nSPS) is 11.6. The lowest BCUT2D eigenvalue weighted by molar-refractivity contribution is -0.113. The number of carbonyl (C=O) groups excluding carboxylic acids is 1. The molecule has 0 aromatic heterocycles. The molecule has 0 bridgehead atoms. The van der Waals surface area contributed by atoms with Crippen LogP contribution in [0.5, 0.6) is 11.5 Å². The lowest BCUT2D eigenvalue weighted by Crippen LogP contribution is -2.04.